The van der Waals surface area contributed by atoms with Crippen LogP contribution < -0.4 is 0 Å². The number of hydrogen-bond acceptors (Lipinski definition) is 2. The molecule has 0 radical (unpaired) electrons. The van der Waals surface area contributed by atoms with Crippen LogP contribution in [0.2, 0.25) is 0 Å². The quantitative estimate of drug-likeness (QED) is 0.616. The fourth-order valence-electron chi connectivity index (χ4n) is 2.83. The molecule has 1 rings (SSSR count). The molecule has 1 saturated heterocycles. The highest BCUT2D eigenvalue weighted by molar-refractivity contribution is 4.78. The highest BCUT2D eigenvalue weighted by Gasteiger charge is 2.22. The maximum absolute atomic E-state index is 2.66. The highest BCUT2D eigenvalue weighted by Crippen LogP contribution is 2.16. The first-order valence-electron chi connectivity index (χ1n) is 7.28. The van der Waals surface area contributed by atoms with E-state index in [2.05, 4.69) is 30.6 Å². The van der Waals surface area contributed by atoms with Crippen LogP contribution in [0.4, 0.5) is 0 Å². The first kappa shape index (κ1) is 14.0. The molecule has 0 amide bonds. The maximum Gasteiger partial charge on any atom is 0.0119 e. The van der Waals surface area contributed by atoms with Crippen molar-refractivity contribution >= 4 is 0 Å². The first-order valence-corrected chi connectivity index (χ1v) is 7.28. The van der Waals surface area contributed by atoms with Crippen LogP contribution in [0.15, 0.2) is 0 Å². The predicted molar refractivity (Wildman–Crippen MR) is 71.9 cm³/mol. The molecule has 0 aromatic carbocycles. The number of rotatable bonds is 7. The van der Waals surface area contributed by atoms with E-state index in [4.69, 9.17) is 0 Å². The average Bonchev–Trinajstić information content (AvgIpc) is 2.33. The third-order valence-corrected chi connectivity index (χ3v) is 3.96. The van der Waals surface area contributed by atoms with Gasteiger partial charge >= 0.3 is 0 Å². The van der Waals surface area contributed by atoms with Gasteiger partial charge in [-0.3, -0.25) is 0 Å². The Morgan fingerprint density at radius 1 is 1.00 bits per heavy atom. The van der Waals surface area contributed by atoms with E-state index < -0.39 is 0 Å². The van der Waals surface area contributed by atoms with Crippen LogP contribution in [0.1, 0.15) is 52.9 Å². The molecule has 1 aliphatic rings. The van der Waals surface area contributed by atoms with Crippen molar-refractivity contribution in [1.29, 1.82) is 0 Å². The molecule has 0 atom stereocenters. The minimum atomic E-state index is 0.859. The van der Waals surface area contributed by atoms with Gasteiger partial charge in [0.1, 0.15) is 0 Å². The summed E-state index contributed by atoms with van der Waals surface area (Å²) in [7, 11) is 0. The van der Waals surface area contributed by atoms with Gasteiger partial charge in [0.2, 0.25) is 0 Å². The molecule has 0 N–H and O–H groups in total. The fourth-order valence-corrected chi connectivity index (χ4v) is 2.83. The van der Waals surface area contributed by atoms with Crippen molar-refractivity contribution in [2.24, 2.45) is 0 Å². The normalized spacial score (nSPS) is 19.5. The molecule has 2 heteroatoms. The van der Waals surface area contributed by atoms with E-state index in [1.54, 1.807) is 0 Å². The Bertz CT molecular complexity index is 158. The van der Waals surface area contributed by atoms with Crippen molar-refractivity contribution < 1.29 is 0 Å². The van der Waals surface area contributed by atoms with E-state index in [0.29, 0.717) is 0 Å². The van der Waals surface area contributed by atoms with Crippen LogP contribution in [0.3, 0.4) is 0 Å². The van der Waals surface area contributed by atoms with Crippen molar-refractivity contribution in [3.8, 4) is 0 Å². The lowest BCUT2D eigenvalue weighted by Crippen LogP contribution is -2.44. The van der Waals surface area contributed by atoms with Crippen LogP contribution >= 0.6 is 0 Å². The smallest absolute Gasteiger partial charge is 0.0119 e. The summed E-state index contributed by atoms with van der Waals surface area (Å²) in [6, 6.07) is 0.859. The molecule has 16 heavy (non-hydrogen) atoms. The molecule has 1 fully saturated rings. The third kappa shape index (κ3) is 4.42. The zero-order chi connectivity index (χ0) is 11.8. The van der Waals surface area contributed by atoms with Crippen molar-refractivity contribution in [2.45, 2.75) is 58.9 Å². The SMILES string of the molecule is CCCCCN1CCC(N(CC)CC)CC1. The molecule has 0 saturated carbocycles. The standard InChI is InChI=1S/C14H30N2/c1-4-7-8-11-15-12-9-14(10-13-15)16(5-2)6-3/h14H,4-13H2,1-3H3. The molecule has 2 nitrogen and oxygen atoms in total. The summed E-state index contributed by atoms with van der Waals surface area (Å²) in [5.74, 6) is 0. The monoisotopic (exact) mass is 226 g/mol. The van der Waals surface area contributed by atoms with E-state index in [1.165, 1.54) is 64.8 Å². The maximum atomic E-state index is 2.66. The summed E-state index contributed by atoms with van der Waals surface area (Å²) in [4.78, 5) is 5.29. The zero-order valence-electron chi connectivity index (χ0n) is 11.5. The lowest BCUT2D eigenvalue weighted by Gasteiger charge is -2.37. The van der Waals surface area contributed by atoms with Crippen molar-refractivity contribution in [3.05, 3.63) is 0 Å². The number of hydrogen-bond donors (Lipinski definition) is 0. The van der Waals surface area contributed by atoms with Gasteiger partial charge in [0, 0.05) is 6.04 Å². The second-order valence-electron chi connectivity index (χ2n) is 5.00. The Morgan fingerprint density at radius 3 is 2.12 bits per heavy atom. The van der Waals surface area contributed by atoms with Gasteiger partial charge in [-0.1, -0.05) is 33.6 Å². The van der Waals surface area contributed by atoms with E-state index in [0.717, 1.165) is 6.04 Å². The van der Waals surface area contributed by atoms with Crippen molar-refractivity contribution in [2.75, 3.05) is 32.7 Å². The zero-order valence-corrected chi connectivity index (χ0v) is 11.5. The van der Waals surface area contributed by atoms with E-state index in [-0.39, 0.29) is 0 Å². The predicted octanol–water partition coefficient (Wildman–Crippen LogP) is 2.98. The summed E-state index contributed by atoms with van der Waals surface area (Å²) >= 11 is 0. The van der Waals surface area contributed by atoms with Crippen molar-refractivity contribution in [1.82, 2.24) is 9.80 Å². The molecule has 0 bridgehead atoms. The van der Waals surface area contributed by atoms with Crippen LogP contribution in [-0.2, 0) is 0 Å². The van der Waals surface area contributed by atoms with Crippen LogP contribution in [0, 0.1) is 0 Å². The second kappa shape index (κ2) is 8.08. The van der Waals surface area contributed by atoms with Gasteiger partial charge in [-0.2, -0.15) is 0 Å². The highest BCUT2D eigenvalue weighted by atomic mass is 15.2. The van der Waals surface area contributed by atoms with Crippen LogP contribution in [-0.4, -0.2) is 48.6 Å². The second-order valence-corrected chi connectivity index (χ2v) is 5.00. The number of piperidine rings is 1. The summed E-state index contributed by atoms with van der Waals surface area (Å²) in [5.41, 5.74) is 0. The Hall–Kier alpha value is -0.0800. The first-order chi connectivity index (χ1) is 7.81. The minimum absolute atomic E-state index is 0.859. The van der Waals surface area contributed by atoms with E-state index >= 15 is 0 Å². The Kier molecular flexibility index (Phi) is 7.06. The summed E-state index contributed by atoms with van der Waals surface area (Å²) in [5, 5.41) is 0. The number of likely N-dealkylation sites (tertiary alicyclic amines) is 1. The Balaban J connectivity index is 2.17. The average molecular weight is 226 g/mol. The van der Waals surface area contributed by atoms with Crippen LogP contribution in [0.5, 0.6) is 0 Å². The molecule has 1 heterocycles. The van der Waals surface area contributed by atoms with Gasteiger partial charge in [-0.15, -0.1) is 0 Å². The molecule has 0 aromatic heterocycles. The van der Waals surface area contributed by atoms with E-state index in [1.807, 2.05) is 0 Å². The van der Waals surface area contributed by atoms with E-state index in [9.17, 15) is 0 Å². The molecule has 0 spiro atoms. The van der Waals surface area contributed by atoms with Gasteiger partial charge in [0.05, 0.1) is 0 Å². The molecule has 0 unspecified atom stereocenters. The van der Waals surface area contributed by atoms with Gasteiger partial charge in [0.25, 0.3) is 0 Å². The molecule has 96 valence electrons. The molecule has 0 aromatic rings. The molecular formula is C14H30N2. The summed E-state index contributed by atoms with van der Waals surface area (Å²) in [6.07, 6.45) is 6.90. The summed E-state index contributed by atoms with van der Waals surface area (Å²) in [6.45, 7) is 13.3. The lowest BCUT2D eigenvalue weighted by atomic mass is 10.0. The van der Waals surface area contributed by atoms with Gasteiger partial charge in [-0.05, 0) is 52.0 Å². The Morgan fingerprint density at radius 2 is 1.62 bits per heavy atom. The molecule has 0 aliphatic carbocycles. The van der Waals surface area contributed by atoms with Gasteiger partial charge in [-0.25, -0.2) is 0 Å². The minimum Gasteiger partial charge on any atom is -0.303 e. The van der Waals surface area contributed by atoms with Gasteiger partial charge < -0.3 is 9.80 Å². The number of unbranched alkanes of at least 4 members (excludes halogenated alkanes) is 2. The fraction of sp³-hybridized carbons (Fsp3) is 1.00. The van der Waals surface area contributed by atoms with Gasteiger partial charge in [0.15, 0.2) is 0 Å². The van der Waals surface area contributed by atoms with Crippen LogP contribution in [0.25, 0.3) is 0 Å². The Labute approximate surface area is 102 Å². The molecular weight excluding hydrogens is 196 g/mol. The largest absolute Gasteiger partial charge is 0.303 e. The molecule has 1 aliphatic heterocycles. The number of nitrogens with zero attached hydrogens (tertiary/aromatic N) is 2. The van der Waals surface area contributed by atoms with Crippen molar-refractivity contribution in [3.63, 3.8) is 0 Å². The lowest BCUT2D eigenvalue weighted by molar-refractivity contribution is 0.115. The topological polar surface area (TPSA) is 6.48 Å². The summed E-state index contributed by atoms with van der Waals surface area (Å²) < 4.78 is 0. The third-order valence-electron chi connectivity index (χ3n) is 3.96.